The highest BCUT2D eigenvalue weighted by Gasteiger charge is 1.94. The number of benzene rings is 1. The standard InChI is InChI=1S/C13H21NO2/c14-13-7-5-12(6-8-13)11-16-10-4-2-1-3-9-15/h5-8,15H,1-4,9-11,14H2. The Labute approximate surface area is 97.2 Å². The largest absolute Gasteiger partial charge is 0.399 e. The van der Waals surface area contributed by atoms with Gasteiger partial charge in [0.05, 0.1) is 6.61 Å². The van der Waals surface area contributed by atoms with Crippen LogP contribution in [0.25, 0.3) is 0 Å². The second-order valence-electron chi connectivity index (χ2n) is 3.93. The monoisotopic (exact) mass is 223 g/mol. The lowest BCUT2D eigenvalue weighted by Crippen LogP contribution is -1.96. The molecular formula is C13H21NO2. The lowest BCUT2D eigenvalue weighted by Gasteiger charge is -2.04. The minimum atomic E-state index is 0.298. The van der Waals surface area contributed by atoms with Crippen LogP contribution in [0.5, 0.6) is 0 Å². The Hall–Kier alpha value is -1.06. The summed E-state index contributed by atoms with van der Waals surface area (Å²) in [6, 6.07) is 7.75. The van der Waals surface area contributed by atoms with E-state index in [9.17, 15) is 0 Å². The van der Waals surface area contributed by atoms with Gasteiger partial charge in [-0.1, -0.05) is 25.0 Å². The summed E-state index contributed by atoms with van der Waals surface area (Å²) >= 11 is 0. The van der Waals surface area contributed by atoms with Gasteiger partial charge in [0.25, 0.3) is 0 Å². The van der Waals surface area contributed by atoms with Crippen LogP contribution < -0.4 is 5.73 Å². The van der Waals surface area contributed by atoms with Crippen molar-refractivity contribution in [3.05, 3.63) is 29.8 Å². The molecule has 1 aromatic carbocycles. The van der Waals surface area contributed by atoms with E-state index in [1.165, 1.54) is 0 Å². The summed E-state index contributed by atoms with van der Waals surface area (Å²) in [6.07, 6.45) is 4.18. The Morgan fingerprint density at radius 2 is 1.69 bits per heavy atom. The molecule has 1 aromatic rings. The second kappa shape index (κ2) is 8.13. The van der Waals surface area contributed by atoms with Crippen molar-refractivity contribution in [2.75, 3.05) is 18.9 Å². The zero-order valence-corrected chi connectivity index (χ0v) is 9.69. The Kier molecular flexibility index (Phi) is 6.61. The fourth-order valence-electron chi connectivity index (χ4n) is 1.47. The molecule has 0 aliphatic rings. The third kappa shape index (κ3) is 5.73. The summed E-state index contributed by atoms with van der Waals surface area (Å²) in [5.41, 5.74) is 7.53. The Bertz CT molecular complexity index is 272. The van der Waals surface area contributed by atoms with Gasteiger partial charge >= 0.3 is 0 Å². The van der Waals surface area contributed by atoms with E-state index in [0.29, 0.717) is 13.2 Å². The van der Waals surface area contributed by atoms with Crippen LogP contribution in [0.1, 0.15) is 31.2 Å². The van der Waals surface area contributed by atoms with Crippen LogP contribution in [0.2, 0.25) is 0 Å². The predicted molar refractivity (Wildman–Crippen MR) is 66.1 cm³/mol. The summed E-state index contributed by atoms with van der Waals surface area (Å²) in [6.45, 7) is 1.74. The molecule has 0 aliphatic heterocycles. The maximum absolute atomic E-state index is 8.60. The molecule has 0 heterocycles. The molecule has 0 aromatic heterocycles. The first-order valence-electron chi connectivity index (χ1n) is 5.86. The molecular weight excluding hydrogens is 202 g/mol. The van der Waals surface area contributed by atoms with Crippen molar-refractivity contribution < 1.29 is 9.84 Å². The summed E-state index contributed by atoms with van der Waals surface area (Å²) in [5, 5.41) is 8.60. The molecule has 3 nitrogen and oxygen atoms in total. The zero-order chi connectivity index (χ0) is 11.6. The highest BCUT2D eigenvalue weighted by atomic mass is 16.5. The van der Waals surface area contributed by atoms with E-state index in [4.69, 9.17) is 15.6 Å². The van der Waals surface area contributed by atoms with Gasteiger partial charge in [0.2, 0.25) is 0 Å². The van der Waals surface area contributed by atoms with Crippen LogP contribution >= 0.6 is 0 Å². The lowest BCUT2D eigenvalue weighted by molar-refractivity contribution is 0.116. The second-order valence-corrected chi connectivity index (χ2v) is 3.93. The van der Waals surface area contributed by atoms with E-state index >= 15 is 0 Å². The molecule has 0 spiro atoms. The first-order chi connectivity index (χ1) is 7.83. The highest BCUT2D eigenvalue weighted by Crippen LogP contribution is 2.07. The average molecular weight is 223 g/mol. The van der Waals surface area contributed by atoms with Gasteiger partial charge in [-0.25, -0.2) is 0 Å². The normalized spacial score (nSPS) is 10.6. The minimum absolute atomic E-state index is 0.298. The van der Waals surface area contributed by atoms with Crippen molar-refractivity contribution in [2.24, 2.45) is 0 Å². The molecule has 3 heteroatoms. The number of ether oxygens (including phenoxy) is 1. The molecule has 0 aliphatic carbocycles. The molecule has 90 valence electrons. The molecule has 3 N–H and O–H groups in total. The maximum atomic E-state index is 8.60. The summed E-state index contributed by atoms with van der Waals surface area (Å²) in [4.78, 5) is 0. The minimum Gasteiger partial charge on any atom is -0.399 e. The van der Waals surface area contributed by atoms with Crippen molar-refractivity contribution in [3.63, 3.8) is 0 Å². The first-order valence-corrected chi connectivity index (χ1v) is 5.86. The van der Waals surface area contributed by atoms with Crippen LogP contribution in [0.15, 0.2) is 24.3 Å². The molecule has 0 saturated carbocycles. The Balaban J connectivity index is 2.01. The van der Waals surface area contributed by atoms with E-state index in [1.807, 2.05) is 24.3 Å². The molecule has 16 heavy (non-hydrogen) atoms. The molecule has 0 fully saturated rings. The van der Waals surface area contributed by atoms with Crippen LogP contribution in [-0.4, -0.2) is 18.3 Å². The highest BCUT2D eigenvalue weighted by molar-refractivity contribution is 5.39. The number of hydrogen-bond acceptors (Lipinski definition) is 3. The number of nitrogen functional groups attached to an aromatic ring is 1. The van der Waals surface area contributed by atoms with Gasteiger partial charge in [-0.05, 0) is 30.5 Å². The van der Waals surface area contributed by atoms with Gasteiger partial charge in [-0.2, -0.15) is 0 Å². The third-order valence-corrected chi connectivity index (χ3v) is 2.45. The molecule has 1 rings (SSSR count). The van der Waals surface area contributed by atoms with Crippen molar-refractivity contribution >= 4 is 5.69 Å². The zero-order valence-electron chi connectivity index (χ0n) is 9.69. The van der Waals surface area contributed by atoms with Gasteiger partial charge in [0, 0.05) is 18.9 Å². The Morgan fingerprint density at radius 3 is 2.38 bits per heavy atom. The van der Waals surface area contributed by atoms with Crippen LogP contribution in [0.4, 0.5) is 5.69 Å². The average Bonchev–Trinajstić information content (AvgIpc) is 2.30. The van der Waals surface area contributed by atoms with Crippen LogP contribution in [-0.2, 0) is 11.3 Å². The Morgan fingerprint density at radius 1 is 1.00 bits per heavy atom. The van der Waals surface area contributed by atoms with Gasteiger partial charge in [0.15, 0.2) is 0 Å². The fourth-order valence-corrected chi connectivity index (χ4v) is 1.47. The lowest BCUT2D eigenvalue weighted by atomic mass is 10.2. The van der Waals surface area contributed by atoms with E-state index in [-0.39, 0.29) is 0 Å². The quantitative estimate of drug-likeness (QED) is 0.525. The number of unbranched alkanes of at least 4 members (excludes halogenated alkanes) is 3. The first kappa shape index (κ1) is 13.0. The van der Waals surface area contributed by atoms with Crippen molar-refractivity contribution in [1.82, 2.24) is 0 Å². The van der Waals surface area contributed by atoms with Crippen molar-refractivity contribution in [2.45, 2.75) is 32.3 Å². The fraction of sp³-hybridized carbons (Fsp3) is 0.538. The molecule has 0 bridgehead atoms. The van der Waals surface area contributed by atoms with Crippen LogP contribution in [0.3, 0.4) is 0 Å². The SMILES string of the molecule is Nc1ccc(COCCCCCCO)cc1. The molecule has 0 saturated heterocycles. The van der Waals surface area contributed by atoms with Gasteiger partial charge in [-0.15, -0.1) is 0 Å². The topological polar surface area (TPSA) is 55.5 Å². The molecule has 0 amide bonds. The van der Waals surface area contributed by atoms with E-state index in [0.717, 1.165) is 43.5 Å². The summed E-state index contributed by atoms with van der Waals surface area (Å²) in [5.74, 6) is 0. The number of aliphatic hydroxyl groups excluding tert-OH is 1. The van der Waals surface area contributed by atoms with Crippen LogP contribution in [0, 0.1) is 0 Å². The molecule has 0 atom stereocenters. The van der Waals surface area contributed by atoms with Gasteiger partial charge < -0.3 is 15.6 Å². The van der Waals surface area contributed by atoms with E-state index in [2.05, 4.69) is 0 Å². The molecule has 0 radical (unpaired) electrons. The van der Waals surface area contributed by atoms with Crippen molar-refractivity contribution in [1.29, 1.82) is 0 Å². The predicted octanol–water partition coefficient (Wildman–Crippen LogP) is 2.34. The number of rotatable bonds is 8. The number of anilines is 1. The van der Waals surface area contributed by atoms with E-state index < -0.39 is 0 Å². The maximum Gasteiger partial charge on any atom is 0.0716 e. The molecule has 0 unspecified atom stereocenters. The van der Waals surface area contributed by atoms with Gasteiger partial charge in [0.1, 0.15) is 0 Å². The third-order valence-electron chi connectivity index (χ3n) is 2.45. The van der Waals surface area contributed by atoms with Crippen molar-refractivity contribution in [3.8, 4) is 0 Å². The summed E-state index contributed by atoms with van der Waals surface area (Å²) < 4.78 is 5.54. The summed E-state index contributed by atoms with van der Waals surface area (Å²) in [7, 11) is 0. The van der Waals surface area contributed by atoms with E-state index in [1.54, 1.807) is 0 Å². The number of nitrogens with two attached hydrogens (primary N) is 1. The smallest absolute Gasteiger partial charge is 0.0716 e. The number of hydrogen-bond donors (Lipinski definition) is 2. The van der Waals surface area contributed by atoms with Gasteiger partial charge in [-0.3, -0.25) is 0 Å². The number of aliphatic hydroxyl groups is 1.